The zero-order chi connectivity index (χ0) is 48.5. The van der Waals surface area contributed by atoms with Gasteiger partial charge in [-0.2, -0.15) is 0 Å². The molecule has 0 saturated heterocycles. The Morgan fingerprint density at radius 3 is 1.06 bits per heavy atom. The standard InChI is InChI=1S/C69H66N2/c1-63(2)37-19-39-65(5)59-43-47(31-35-61(59)70(67(63,65)7)49-21-11-9-12-22-49)45-29-33-53-54-34-30-46(42-58(54)69(57(53)41-45)55-27-17-15-25-51(55)52-26-16-18-28-56(52)69)48-32-36-62-60(44-48)66(6)40-20-38-64(3,4)68(66,8)71(62)50-23-13-10-14-24-50/h9-18,21-36,41-44H,19-20,37-40H2,1-8H3. The van der Waals surface area contributed by atoms with Crippen LogP contribution in [0.1, 0.15) is 127 Å². The van der Waals surface area contributed by atoms with Crippen molar-refractivity contribution in [3.63, 3.8) is 0 Å². The van der Waals surface area contributed by atoms with Crippen LogP contribution in [0.2, 0.25) is 0 Å². The first-order valence-electron chi connectivity index (χ1n) is 26.7. The van der Waals surface area contributed by atoms with E-state index in [1.165, 1.54) is 139 Å². The van der Waals surface area contributed by atoms with E-state index in [2.05, 4.69) is 247 Å². The summed E-state index contributed by atoms with van der Waals surface area (Å²) >= 11 is 0. The summed E-state index contributed by atoms with van der Waals surface area (Å²) < 4.78 is 0. The lowest BCUT2D eigenvalue weighted by Crippen LogP contribution is -2.64. The van der Waals surface area contributed by atoms with E-state index in [0.29, 0.717) is 0 Å². The molecule has 4 aliphatic carbocycles. The second kappa shape index (κ2) is 14.3. The van der Waals surface area contributed by atoms with Gasteiger partial charge >= 0.3 is 0 Å². The molecule has 0 N–H and O–H groups in total. The summed E-state index contributed by atoms with van der Waals surface area (Å²) in [5.74, 6) is 0. The maximum Gasteiger partial charge on any atom is 0.0725 e. The Balaban J connectivity index is 0.949. The fourth-order valence-electron chi connectivity index (χ4n) is 16.8. The van der Waals surface area contributed by atoms with E-state index in [0.717, 1.165) is 0 Å². The van der Waals surface area contributed by atoms with Crippen LogP contribution in [0.4, 0.5) is 22.7 Å². The Bertz CT molecular complexity index is 3290. The van der Waals surface area contributed by atoms with Gasteiger partial charge in [-0.05, 0) is 189 Å². The summed E-state index contributed by atoms with van der Waals surface area (Å²) in [6.07, 6.45) is 7.27. The van der Waals surface area contributed by atoms with Crippen molar-refractivity contribution < 1.29 is 0 Å². The highest BCUT2D eigenvalue weighted by Crippen LogP contribution is 2.69. The molecule has 71 heavy (non-hydrogen) atoms. The van der Waals surface area contributed by atoms with Gasteiger partial charge in [-0.15, -0.1) is 0 Å². The monoisotopic (exact) mass is 923 g/mol. The van der Waals surface area contributed by atoms with E-state index in [1.807, 2.05) is 0 Å². The van der Waals surface area contributed by atoms with Gasteiger partial charge in [0, 0.05) is 33.6 Å². The third-order valence-electron chi connectivity index (χ3n) is 21.1. The Morgan fingerprint density at radius 1 is 0.310 bits per heavy atom. The van der Waals surface area contributed by atoms with Crippen molar-refractivity contribution >= 4 is 22.7 Å². The number of fused-ring (bicyclic) bond motifs is 16. The first kappa shape index (κ1) is 43.2. The Morgan fingerprint density at radius 2 is 0.648 bits per heavy atom. The van der Waals surface area contributed by atoms with E-state index in [9.17, 15) is 0 Å². The largest absolute Gasteiger partial charge is 0.334 e. The molecule has 2 aliphatic heterocycles. The quantitative estimate of drug-likeness (QED) is 0.174. The molecule has 0 amide bonds. The summed E-state index contributed by atoms with van der Waals surface area (Å²) in [7, 11) is 0. The van der Waals surface area contributed by atoms with Crippen LogP contribution in [0.25, 0.3) is 44.5 Å². The third-order valence-corrected chi connectivity index (χ3v) is 21.1. The number of rotatable bonds is 4. The fourth-order valence-corrected chi connectivity index (χ4v) is 16.8. The van der Waals surface area contributed by atoms with Crippen LogP contribution < -0.4 is 9.80 Å². The maximum absolute atomic E-state index is 2.72. The average molecular weight is 923 g/mol. The Kier molecular flexibility index (Phi) is 8.68. The maximum atomic E-state index is 2.72. The smallest absolute Gasteiger partial charge is 0.0725 e. The van der Waals surface area contributed by atoms with E-state index in [-0.39, 0.29) is 32.7 Å². The summed E-state index contributed by atoms with van der Waals surface area (Å²) in [6.45, 7) is 20.4. The second-order valence-electron chi connectivity index (χ2n) is 24.5. The van der Waals surface area contributed by atoms with Gasteiger partial charge in [-0.25, -0.2) is 0 Å². The molecule has 6 aliphatic rings. The van der Waals surface area contributed by atoms with Gasteiger partial charge in [-0.1, -0.05) is 176 Å². The lowest BCUT2D eigenvalue weighted by molar-refractivity contribution is 0.0484. The van der Waals surface area contributed by atoms with Crippen molar-refractivity contribution in [3.05, 3.63) is 215 Å². The number of hydrogen-bond donors (Lipinski definition) is 0. The fraction of sp³-hybridized carbons (Fsp3) is 0.304. The summed E-state index contributed by atoms with van der Waals surface area (Å²) in [4.78, 5) is 5.44. The summed E-state index contributed by atoms with van der Waals surface area (Å²) in [5.41, 5.74) is 23.9. The molecule has 352 valence electrons. The molecule has 8 aromatic rings. The first-order valence-corrected chi connectivity index (χ1v) is 26.7. The first-order chi connectivity index (χ1) is 34.2. The highest BCUT2D eigenvalue weighted by molar-refractivity contribution is 5.97. The lowest BCUT2D eigenvalue weighted by atomic mass is 9.51. The second-order valence-corrected chi connectivity index (χ2v) is 24.5. The Labute approximate surface area is 422 Å². The molecule has 4 unspecified atom stereocenters. The van der Waals surface area contributed by atoms with Crippen LogP contribution >= 0.6 is 0 Å². The van der Waals surface area contributed by atoms with Crippen LogP contribution in [-0.4, -0.2) is 11.1 Å². The van der Waals surface area contributed by atoms with Gasteiger partial charge in [0.25, 0.3) is 0 Å². The molecule has 0 aromatic heterocycles. The molecular formula is C69H66N2. The summed E-state index contributed by atoms with van der Waals surface area (Å²) in [6, 6.07) is 70.8. The minimum absolute atomic E-state index is 0.0233. The van der Waals surface area contributed by atoms with Gasteiger partial charge in [0.05, 0.1) is 16.5 Å². The predicted molar refractivity (Wildman–Crippen MR) is 298 cm³/mol. The van der Waals surface area contributed by atoms with Gasteiger partial charge in [0.2, 0.25) is 0 Å². The van der Waals surface area contributed by atoms with Crippen LogP contribution in [0.3, 0.4) is 0 Å². The van der Waals surface area contributed by atoms with Crippen molar-refractivity contribution in [1.29, 1.82) is 0 Å². The van der Waals surface area contributed by atoms with Crippen LogP contribution in [0.15, 0.2) is 182 Å². The molecule has 2 saturated carbocycles. The number of anilines is 4. The van der Waals surface area contributed by atoms with Gasteiger partial charge in [0.1, 0.15) is 0 Å². The molecule has 14 rings (SSSR count). The number of para-hydroxylation sites is 2. The summed E-state index contributed by atoms with van der Waals surface area (Å²) in [5, 5.41) is 0. The molecular weight excluding hydrogens is 857 g/mol. The van der Waals surface area contributed by atoms with E-state index >= 15 is 0 Å². The molecule has 0 bridgehead atoms. The van der Waals surface area contributed by atoms with Crippen LogP contribution in [0.5, 0.6) is 0 Å². The van der Waals surface area contributed by atoms with Crippen molar-refractivity contribution in [2.75, 3.05) is 9.80 Å². The molecule has 2 fully saturated rings. The predicted octanol–water partition coefficient (Wildman–Crippen LogP) is 18.1. The van der Waals surface area contributed by atoms with Gasteiger partial charge < -0.3 is 9.80 Å². The van der Waals surface area contributed by atoms with E-state index in [4.69, 9.17) is 0 Å². The molecule has 2 heterocycles. The van der Waals surface area contributed by atoms with E-state index in [1.54, 1.807) is 0 Å². The molecule has 2 nitrogen and oxygen atoms in total. The molecule has 2 heteroatoms. The van der Waals surface area contributed by atoms with Crippen LogP contribution in [0, 0.1) is 10.8 Å². The van der Waals surface area contributed by atoms with Gasteiger partial charge in [0.15, 0.2) is 0 Å². The van der Waals surface area contributed by atoms with Crippen LogP contribution in [-0.2, 0) is 16.2 Å². The van der Waals surface area contributed by atoms with Gasteiger partial charge in [-0.3, -0.25) is 0 Å². The number of nitrogens with zero attached hydrogens (tertiary/aromatic N) is 2. The van der Waals surface area contributed by atoms with Crippen molar-refractivity contribution in [3.8, 4) is 44.5 Å². The number of hydrogen-bond acceptors (Lipinski definition) is 2. The van der Waals surface area contributed by atoms with Crippen molar-refractivity contribution in [2.24, 2.45) is 10.8 Å². The molecule has 1 spiro atoms. The van der Waals surface area contributed by atoms with Crippen molar-refractivity contribution in [1.82, 2.24) is 0 Å². The lowest BCUT2D eigenvalue weighted by Gasteiger charge is -2.59. The molecule has 8 aromatic carbocycles. The minimum atomic E-state index is -0.471. The van der Waals surface area contributed by atoms with Crippen molar-refractivity contribution in [2.45, 2.75) is 121 Å². The third kappa shape index (κ3) is 5.14. The number of benzene rings is 8. The zero-order valence-corrected chi connectivity index (χ0v) is 43.0. The highest BCUT2D eigenvalue weighted by Gasteiger charge is 2.66. The zero-order valence-electron chi connectivity index (χ0n) is 43.0. The Hall–Kier alpha value is -6.64. The topological polar surface area (TPSA) is 6.48 Å². The van der Waals surface area contributed by atoms with E-state index < -0.39 is 5.41 Å². The molecule has 0 radical (unpaired) electrons. The SMILES string of the molecule is CC1(C)CCCC2(C)c3cc(-c4ccc5c(c4)C4(c6ccccc6-c6ccccc64)c4cc(-c6ccc7c(c6)C6(C)CCCC(C)(C)C6(C)N7c6ccccc6)ccc4-5)ccc3N(c3ccccc3)C12C. The highest BCUT2D eigenvalue weighted by atomic mass is 15.3. The minimum Gasteiger partial charge on any atom is -0.334 e. The molecule has 4 atom stereocenters. The average Bonchev–Trinajstić information content (AvgIpc) is 3.99. The normalized spacial score (nSPS) is 26.2.